The predicted octanol–water partition coefficient (Wildman–Crippen LogP) is 3.46. The molecule has 0 spiro atoms. The van der Waals surface area contributed by atoms with Crippen LogP contribution in [0.2, 0.25) is 0 Å². The molecular weight excluding hydrogens is 736 g/mol. The summed E-state index contributed by atoms with van der Waals surface area (Å²) in [7, 11) is -4.08. The number of aryl methyl sites for hydroxylation is 1. The molecule has 4 rings (SSSR count). The van der Waals surface area contributed by atoms with Crippen LogP contribution in [-0.2, 0) is 62.6 Å². The Balaban J connectivity index is 1.56. The lowest BCUT2D eigenvalue weighted by molar-refractivity contribution is -0.173. The van der Waals surface area contributed by atoms with Gasteiger partial charge < -0.3 is 27.4 Å². The fraction of sp³-hybridized carbons (Fsp3) is 0.282. The average Bonchev–Trinajstić information content (AvgIpc) is 3.15. The molecule has 0 fully saturated rings. The first-order valence-electron chi connectivity index (χ1n) is 17.4. The number of amidine groups is 1. The molecule has 4 aromatic rings. The van der Waals surface area contributed by atoms with Crippen LogP contribution in [0.15, 0.2) is 103 Å². The van der Waals surface area contributed by atoms with E-state index in [0.717, 1.165) is 11.1 Å². The first-order valence-corrected chi connectivity index (χ1v) is 19.0. The van der Waals surface area contributed by atoms with Gasteiger partial charge in [-0.05, 0) is 52.6 Å². The van der Waals surface area contributed by atoms with Gasteiger partial charge in [-0.2, -0.15) is 13.2 Å². The van der Waals surface area contributed by atoms with Crippen LogP contribution in [0, 0.1) is 5.41 Å². The van der Waals surface area contributed by atoms with Crippen molar-refractivity contribution in [3.63, 3.8) is 0 Å². The molecule has 9 N–H and O–H groups in total. The van der Waals surface area contributed by atoms with Gasteiger partial charge in [0.1, 0.15) is 17.9 Å². The van der Waals surface area contributed by atoms with E-state index in [4.69, 9.17) is 16.9 Å². The SMILES string of the molecule is N=C(N)c1ccc(CNC(=O)[C@H](Cc2cccc(CNC(=O)C(F)(F)F)c2)NC(=O)[C@@H](CCCc2ccccc2)NS(=O)(=O)Cc2ccc(CN)cc2)cc1. The van der Waals surface area contributed by atoms with Gasteiger partial charge in [0.15, 0.2) is 0 Å². The lowest BCUT2D eigenvalue weighted by Gasteiger charge is -2.24. The molecule has 12 nitrogen and oxygen atoms in total. The van der Waals surface area contributed by atoms with E-state index in [9.17, 15) is 36.0 Å². The van der Waals surface area contributed by atoms with Gasteiger partial charge in [-0.1, -0.05) is 103 Å². The average molecular weight is 780 g/mol. The maximum absolute atomic E-state index is 14.0. The Kier molecular flexibility index (Phi) is 15.1. The van der Waals surface area contributed by atoms with Crippen LogP contribution in [0.25, 0.3) is 0 Å². The molecule has 0 aromatic heterocycles. The van der Waals surface area contributed by atoms with Crippen LogP contribution in [0.4, 0.5) is 13.2 Å². The van der Waals surface area contributed by atoms with E-state index >= 15 is 0 Å². The summed E-state index contributed by atoms with van der Waals surface area (Å²) in [5.74, 6) is -4.02. The Morgan fingerprint density at radius 2 is 1.31 bits per heavy atom. The number of nitrogens with one attached hydrogen (secondary N) is 5. The van der Waals surface area contributed by atoms with Crippen molar-refractivity contribution in [3.8, 4) is 0 Å². The Morgan fingerprint density at radius 1 is 0.709 bits per heavy atom. The van der Waals surface area contributed by atoms with Gasteiger partial charge in [0.2, 0.25) is 21.8 Å². The summed E-state index contributed by atoms with van der Waals surface area (Å²) < 4.78 is 67.7. The molecule has 0 saturated heterocycles. The van der Waals surface area contributed by atoms with Crippen LogP contribution in [0.5, 0.6) is 0 Å². The fourth-order valence-corrected chi connectivity index (χ4v) is 7.00. The molecule has 0 radical (unpaired) electrons. The van der Waals surface area contributed by atoms with E-state index in [-0.39, 0.29) is 31.8 Å². The first kappa shape index (κ1) is 42.2. The highest BCUT2D eigenvalue weighted by molar-refractivity contribution is 7.88. The van der Waals surface area contributed by atoms with Gasteiger partial charge in [-0.3, -0.25) is 19.8 Å². The number of amides is 3. The maximum Gasteiger partial charge on any atom is 0.471 e. The quantitative estimate of drug-likeness (QED) is 0.0557. The van der Waals surface area contributed by atoms with E-state index in [0.29, 0.717) is 40.7 Å². The molecule has 0 saturated carbocycles. The summed E-state index contributed by atoms with van der Waals surface area (Å²) in [5, 5.41) is 14.9. The second-order valence-corrected chi connectivity index (χ2v) is 14.7. The number of carbonyl (C=O) groups excluding carboxylic acids is 3. The minimum atomic E-state index is -5.06. The summed E-state index contributed by atoms with van der Waals surface area (Å²) in [5.41, 5.74) is 15.4. The molecule has 292 valence electrons. The standard InChI is InChI=1S/C39H44F3N7O5S/c40-39(41,42)38(52)47-24-31-10-4-9-30(20-31)21-34(36(50)46-23-28-16-18-32(19-17-28)35(44)45)48-37(51)33(11-5-8-26-6-2-1-3-7-26)49-55(53,54)25-29-14-12-27(22-43)13-15-29/h1-4,6-7,9-10,12-20,33-34,49H,5,8,11,21-25,43H2,(H3,44,45)(H,46,50)(H,47,52)(H,48,51)/t33-,34+/m1/s1. The van der Waals surface area contributed by atoms with Crippen LogP contribution in [0.1, 0.15) is 51.8 Å². The van der Waals surface area contributed by atoms with E-state index in [2.05, 4.69) is 15.4 Å². The number of rotatable bonds is 19. The number of hydrogen-bond acceptors (Lipinski definition) is 7. The molecule has 0 unspecified atom stereocenters. The molecule has 4 aromatic carbocycles. The highest BCUT2D eigenvalue weighted by atomic mass is 32.2. The topological polar surface area (TPSA) is 209 Å². The third kappa shape index (κ3) is 14.0. The molecule has 2 atom stereocenters. The van der Waals surface area contributed by atoms with Gasteiger partial charge in [0, 0.05) is 31.6 Å². The van der Waals surface area contributed by atoms with E-state index in [1.807, 2.05) is 35.6 Å². The number of benzene rings is 4. The van der Waals surface area contributed by atoms with E-state index < -0.39 is 58.3 Å². The second-order valence-electron chi connectivity index (χ2n) is 12.9. The van der Waals surface area contributed by atoms with Gasteiger partial charge in [-0.15, -0.1) is 0 Å². The number of alkyl halides is 3. The van der Waals surface area contributed by atoms with Crippen LogP contribution in [0.3, 0.4) is 0 Å². The zero-order valence-electron chi connectivity index (χ0n) is 29.9. The molecule has 0 aliphatic carbocycles. The maximum atomic E-state index is 14.0. The Bertz CT molecular complexity index is 2030. The van der Waals surface area contributed by atoms with Gasteiger partial charge in [-0.25, -0.2) is 13.1 Å². The van der Waals surface area contributed by atoms with Gasteiger partial charge in [0.05, 0.1) is 5.75 Å². The number of halogens is 3. The van der Waals surface area contributed by atoms with Crippen LogP contribution in [-0.4, -0.2) is 50.2 Å². The van der Waals surface area contributed by atoms with Crippen molar-refractivity contribution in [3.05, 3.63) is 142 Å². The smallest absolute Gasteiger partial charge is 0.384 e. The van der Waals surface area contributed by atoms with Gasteiger partial charge >= 0.3 is 12.1 Å². The zero-order valence-corrected chi connectivity index (χ0v) is 30.7. The van der Waals surface area contributed by atoms with Crippen LogP contribution < -0.4 is 32.1 Å². The highest BCUT2D eigenvalue weighted by Crippen LogP contribution is 2.16. The van der Waals surface area contributed by atoms with Crippen molar-refractivity contribution < 1.29 is 36.0 Å². The van der Waals surface area contributed by atoms with E-state index in [1.165, 1.54) is 12.1 Å². The summed E-state index contributed by atoms with van der Waals surface area (Å²) in [6, 6.07) is 26.4. The molecule has 0 aliphatic heterocycles. The molecule has 3 amide bonds. The second kappa shape index (κ2) is 19.7. The Labute approximate surface area is 317 Å². The van der Waals surface area contributed by atoms with Crippen molar-refractivity contribution in [2.24, 2.45) is 11.5 Å². The van der Waals surface area contributed by atoms with Crippen molar-refractivity contribution in [1.29, 1.82) is 5.41 Å². The minimum Gasteiger partial charge on any atom is -0.384 e. The lowest BCUT2D eigenvalue weighted by Crippen LogP contribution is -2.54. The third-order valence-corrected chi connectivity index (χ3v) is 9.92. The molecular formula is C39H44F3N7O5S. The highest BCUT2D eigenvalue weighted by Gasteiger charge is 2.38. The number of nitrogens with two attached hydrogens (primary N) is 2. The Morgan fingerprint density at radius 3 is 1.95 bits per heavy atom. The molecule has 0 heterocycles. The van der Waals surface area contributed by atoms with Crippen LogP contribution >= 0.6 is 0 Å². The largest absolute Gasteiger partial charge is 0.471 e. The summed E-state index contributed by atoms with van der Waals surface area (Å²) >= 11 is 0. The van der Waals surface area contributed by atoms with Crippen molar-refractivity contribution >= 4 is 33.6 Å². The van der Waals surface area contributed by atoms with Crippen molar-refractivity contribution in [1.82, 2.24) is 20.7 Å². The summed E-state index contributed by atoms with van der Waals surface area (Å²) in [6.07, 6.45) is -4.12. The first-order chi connectivity index (χ1) is 26.1. The molecule has 55 heavy (non-hydrogen) atoms. The number of sulfonamides is 1. The lowest BCUT2D eigenvalue weighted by atomic mass is 10.0. The van der Waals surface area contributed by atoms with Crippen molar-refractivity contribution in [2.75, 3.05) is 0 Å². The summed E-state index contributed by atoms with van der Waals surface area (Å²) in [6.45, 7) is -0.121. The third-order valence-electron chi connectivity index (χ3n) is 8.56. The van der Waals surface area contributed by atoms with E-state index in [1.54, 1.807) is 60.7 Å². The Hall–Kier alpha value is -5.58. The van der Waals surface area contributed by atoms with Gasteiger partial charge in [0.25, 0.3) is 0 Å². The number of carbonyl (C=O) groups is 3. The normalized spacial score (nSPS) is 12.7. The molecule has 16 heteroatoms. The predicted molar refractivity (Wildman–Crippen MR) is 203 cm³/mol. The molecule has 0 bridgehead atoms. The minimum absolute atomic E-state index is 0.0307. The number of nitrogen functional groups attached to an aromatic ring is 1. The number of hydrogen-bond donors (Lipinski definition) is 7. The summed E-state index contributed by atoms with van der Waals surface area (Å²) in [4.78, 5) is 39.1. The monoisotopic (exact) mass is 779 g/mol. The fourth-order valence-electron chi connectivity index (χ4n) is 5.63. The molecule has 0 aliphatic rings. The zero-order chi connectivity index (χ0) is 40.0. The van der Waals surface area contributed by atoms with Crippen molar-refractivity contribution in [2.45, 2.75) is 69.3 Å².